The highest BCUT2D eigenvalue weighted by molar-refractivity contribution is 9.10. The summed E-state index contributed by atoms with van der Waals surface area (Å²) >= 11 is 2.98. The molecule has 0 saturated carbocycles. The average molecular weight is 395 g/mol. The second-order valence-electron chi connectivity index (χ2n) is 5.04. The Labute approximate surface area is 136 Å². The third-order valence-electron chi connectivity index (χ3n) is 3.48. The van der Waals surface area contributed by atoms with Crippen molar-refractivity contribution in [2.75, 3.05) is 20.7 Å². The fraction of sp³-hybridized carbons (Fsp3) is 0.462. The maximum absolute atomic E-state index is 13.7. The minimum atomic E-state index is -3.99. The standard InChI is InChI=1S/C13H16BrFN2O4S/c1-17-4-3-8(5-13(17)18)16-22(19,20)12-7-10(15)9(14)6-11(12)21-2/h6-8,16H,3-5H2,1-2H3/t8-/m1/s1. The molecule has 1 aliphatic heterocycles. The fourth-order valence-electron chi connectivity index (χ4n) is 2.21. The van der Waals surface area contributed by atoms with Crippen LogP contribution in [0.2, 0.25) is 0 Å². The predicted octanol–water partition coefficient (Wildman–Crippen LogP) is 1.50. The molecule has 0 aromatic heterocycles. The van der Waals surface area contributed by atoms with E-state index in [0.717, 1.165) is 6.07 Å². The molecule has 1 aromatic rings. The zero-order valence-electron chi connectivity index (χ0n) is 12.1. The summed E-state index contributed by atoms with van der Waals surface area (Å²) in [6, 6.07) is 1.64. The van der Waals surface area contributed by atoms with Crippen LogP contribution in [0.1, 0.15) is 12.8 Å². The summed E-state index contributed by atoms with van der Waals surface area (Å²) in [7, 11) is -1.02. The molecular formula is C13H16BrFN2O4S. The first-order valence-corrected chi connectivity index (χ1v) is 8.81. The Morgan fingerprint density at radius 2 is 2.14 bits per heavy atom. The van der Waals surface area contributed by atoms with Crippen LogP contribution in [0.25, 0.3) is 0 Å². The molecule has 0 radical (unpaired) electrons. The largest absolute Gasteiger partial charge is 0.495 e. The lowest BCUT2D eigenvalue weighted by Crippen LogP contribution is -2.46. The van der Waals surface area contributed by atoms with Gasteiger partial charge in [0.1, 0.15) is 16.5 Å². The number of amides is 1. The number of benzene rings is 1. The zero-order chi connectivity index (χ0) is 16.5. The number of likely N-dealkylation sites (tertiary alicyclic amines) is 1. The highest BCUT2D eigenvalue weighted by Crippen LogP contribution is 2.30. The Kier molecular flexibility index (Phi) is 5.08. The van der Waals surface area contributed by atoms with Crippen LogP contribution in [-0.2, 0) is 14.8 Å². The number of nitrogens with one attached hydrogen (secondary N) is 1. The molecule has 1 amide bonds. The molecular weight excluding hydrogens is 379 g/mol. The van der Waals surface area contributed by atoms with Crippen LogP contribution in [0.5, 0.6) is 5.75 Å². The van der Waals surface area contributed by atoms with E-state index in [-0.39, 0.29) is 27.4 Å². The molecule has 9 heteroatoms. The van der Waals surface area contributed by atoms with Crippen molar-refractivity contribution < 1.29 is 22.3 Å². The number of rotatable bonds is 4. The van der Waals surface area contributed by atoms with Crippen LogP contribution in [0.4, 0.5) is 4.39 Å². The van der Waals surface area contributed by atoms with Gasteiger partial charge in [0.05, 0.1) is 11.6 Å². The van der Waals surface area contributed by atoms with Crippen molar-refractivity contribution in [3.05, 3.63) is 22.4 Å². The van der Waals surface area contributed by atoms with Crippen molar-refractivity contribution in [2.45, 2.75) is 23.8 Å². The van der Waals surface area contributed by atoms with Gasteiger partial charge in [-0.25, -0.2) is 17.5 Å². The average Bonchev–Trinajstić information content (AvgIpc) is 2.45. The van der Waals surface area contributed by atoms with E-state index in [2.05, 4.69) is 20.7 Å². The lowest BCUT2D eigenvalue weighted by molar-refractivity contribution is -0.132. The van der Waals surface area contributed by atoms with Crippen molar-refractivity contribution in [3.63, 3.8) is 0 Å². The van der Waals surface area contributed by atoms with E-state index in [1.807, 2.05) is 0 Å². The van der Waals surface area contributed by atoms with Crippen LogP contribution in [0.3, 0.4) is 0 Å². The van der Waals surface area contributed by atoms with Gasteiger partial charge in [-0.3, -0.25) is 4.79 Å². The number of methoxy groups -OCH3 is 1. The summed E-state index contributed by atoms with van der Waals surface area (Å²) in [6.45, 7) is 0.470. The Morgan fingerprint density at radius 1 is 1.45 bits per heavy atom. The maximum Gasteiger partial charge on any atom is 0.244 e. The Hall–Kier alpha value is -1.19. The quantitative estimate of drug-likeness (QED) is 0.839. The molecule has 1 N–H and O–H groups in total. The van der Waals surface area contributed by atoms with Gasteiger partial charge >= 0.3 is 0 Å². The second kappa shape index (κ2) is 6.51. The molecule has 6 nitrogen and oxygen atoms in total. The minimum Gasteiger partial charge on any atom is -0.495 e. The first kappa shape index (κ1) is 17.2. The summed E-state index contributed by atoms with van der Waals surface area (Å²) in [6.07, 6.45) is 0.583. The van der Waals surface area contributed by atoms with E-state index < -0.39 is 21.9 Å². The van der Waals surface area contributed by atoms with Crippen molar-refractivity contribution in [3.8, 4) is 5.75 Å². The summed E-state index contributed by atoms with van der Waals surface area (Å²) in [5, 5.41) is 0. The highest BCUT2D eigenvalue weighted by atomic mass is 79.9. The number of halogens is 2. The van der Waals surface area contributed by atoms with E-state index in [0.29, 0.717) is 13.0 Å². The van der Waals surface area contributed by atoms with Gasteiger partial charge in [-0.1, -0.05) is 0 Å². The molecule has 0 spiro atoms. The van der Waals surface area contributed by atoms with Crippen LogP contribution >= 0.6 is 15.9 Å². The highest BCUT2D eigenvalue weighted by Gasteiger charge is 2.29. The molecule has 1 heterocycles. The van der Waals surface area contributed by atoms with Gasteiger partial charge in [-0.2, -0.15) is 0 Å². The van der Waals surface area contributed by atoms with E-state index >= 15 is 0 Å². The molecule has 1 aromatic carbocycles. The number of piperidine rings is 1. The molecule has 0 bridgehead atoms. The Balaban J connectivity index is 2.27. The number of carbonyl (C=O) groups is 1. The lowest BCUT2D eigenvalue weighted by Gasteiger charge is -2.29. The number of hydrogen-bond donors (Lipinski definition) is 1. The van der Waals surface area contributed by atoms with Crippen molar-refractivity contribution in [2.24, 2.45) is 0 Å². The summed E-state index contributed by atoms with van der Waals surface area (Å²) in [5.41, 5.74) is 0. The number of sulfonamides is 1. The number of carbonyl (C=O) groups excluding carboxylic acids is 1. The van der Waals surface area contributed by atoms with Crippen molar-refractivity contribution in [1.82, 2.24) is 9.62 Å². The van der Waals surface area contributed by atoms with Crippen LogP contribution in [-0.4, -0.2) is 46.0 Å². The van der Waals surface area contributed by atoms with Gasteiger partial charge in [0.2, 0.25) is 15.9 Å². The fourth-order valence-corrected chi connectivity index (χ4v) is 3.96. The minimum absolute atomic E-state index is 0.0278. The van der Waals surface area contributed by atoms with Crippen molar-refractivity contribution in [1.29, 1.82) is 0 Å². The topological polar surface area (TPSA) is 75.7 Å². The molecule has 22 heavy (non-hydrogen) atoms. The number of ether oxygens (including phenoxy) is 1. The number of nitrogens with zero attached hydrogens (tertiary/aromatic N) is 1. The predicted molar refractivity (Wildman–Crippen MR) is 81.6 cm³/mol. The molecule has 2 rings (SSSR count). The summed E-state index contributed by atoms with van der Waals surface area (Å²) in [5.74, 6) is -0.812. The Morgan fingerprint density at radius 3 is 2.73 bits per heavy atom. The molecule has 0 aliphatic carbocycles. The second-order valence-corrected chi connectivity index (χ2v) is 7.58. The smallest absolute Gasteiger partial charge is 0.244 e. The zero-order valence-corrected chi connectivity index (χ0v) is 14.5. The first-order valence-electron chi connectivity index (χ1n) is 6.54. The molecule has 1 saturated heterocycles. The van der Waals surface area contributed by atoms with Gasteiger partial charge in [0.25, 0.3) is 0 Å². The van der Waals surface area contributed by atoms with E-state index in [1.165, 1.54) is 13.2 Å². The van der Waals surface area contributed by atoms with Crippen molar-refractivity contribution >= 4 is 31.9 Å². The van der Waals surface area contributed by atoms with Crippen LogP contribution in [0.15, 0.2) is 21.5 Å². The molecule has 122 valence electrons. The van der Waals surface area contributed by atoms with Gasteiger partial charge in [-0.15, -0.1) is 0 Å². The SMILES string of the molecule is COc1cc(Br)c(F)cc1S(=O)(=O)N[C@@H]1CCN(C)C(=O)C1. The van der Waals surface area contributed by atoms with Crippen LogP contribution < -0.4 is 9.46 Å². The van der Waals surface area contributed by atoms with Gasteiger partial charge in [-0.05, 0) is 34.5 Å². The molecule has 1 fully saturated rings. The molecule has 1 aliphatic rings. The summed E-state index contributed by atoms with van der Waals surface area (Å²) in [4.78, 5) is 12.9. The first-order chi connectivity index (χ1) is 10.2. The van der Waals surface area contributed by atoms with Crippen LogP contribution in [0, 0.1) is 5.82 Å². The van der Waals surface area contributed by atoms with Gasteiger partial charge in [0.15, 0.2) is 0 Å². The molecule has 0 unspecified atom stereocenters. The summed E-state index contributed by atoms with van der Waals surface area (Å²) < 4.78 is 46.1. The number of hydrogen-bond acceptors (Lipinski definition) is 4. The third-order valence-corrected chi connectivity index (χ3v) is 5.63. The van der Waals surface area contributed by atoms with Gasteiger partial charge in [0, 0.05) is 26.1 Å². The Bertz CT molecular complexity index is 696. The van der Waals surface area contributed by atoms with E-state index in [9.17, 15) is 17.6 Å². The molecule has 1 atom stereocenters. The lowest BCUT2D eigenvalue weighted by atomic mass is 10.1. The normalized spacial score (nSPS) is 19.4. The third kappa shape index (κ3) is 3.58. The maximum atomic E-state index is 13.7. The van der Waals surface area contributed by atoms with E-state index in [4.69, 9.17) is 4.74 Å². The van der Waals surface area contributed by atoms with Gasteiger partial charge < -0.3 is 9.64 Å². The monoisotopic (exact) mass is 394 g/mol. The van der Waals surface area contributed by atoms with E-state index in [1.54, 1.807) is 11.9 Å².